The van der Waals surface area contributed by atoms with Crippen LogP contribution in [0.25, 0.3) is 10.1 Å². The summed E-state index contributed by atoms with van der Waals surface area (Å²) in [6, 6.07) is 8.49. The largest absolute Gasteiger partial charge is 0.490 e. The van der Waals surface area contributed by atoms with Crippen molar-refractivity contribution in [3.8, 4) is 5.75 Å². The van der Waals surface area contributed by atoms with Gasteiger partial charge in [-0.3, -0.25) is 0 Å². The number of fused-ring (bicyclic) bond motifs is 1. The molecule has 1 heterocycles. The van der Waals surface area contributed by atoms with Crippen molar-refractivity contribution >= 4 is 33.8 Å². The maximum absolute atomic E-state index is 6.26. The third-order valence-corrected chi connectivity index (χ3v) is 4.23. The molecule has 2 nitrogen and oxygen atoms in total. The Bertz CT molecular complexity index is 492. The fraction of sp³-hybridized carbons (Fsp3) is 0.500. The zero-order chi connectivity index (χ0) is 13.5. The smallest absolute Gasteiger partial charge is 0.128 e. The van der Waals surface area contributed by atoms with Crippen LogP contribution in [0.2, 0.25) is 0 Å². The van der Waals surface area contributed by atoms with Gasteiger partial charge in [0.05, 0.1) is 6.10 Å². The molecule has 2 aromatic rings. The van der Waals surface area contributed by atoms with E-state index < -0.39 is 0 Å². The Morgan fingerprint density at radius 3 is 2.85 bits per heavy atom. The van der Waals surface area contributed by atoms with E-state index in [1.165, 1.54) is 22.9 Å². The van der Waals surface area contributed by atoms with Crippen LogP contribution in [-0.2, 0) is 0 Å². The Balaban J connectivity index is 0.00000200. The van der Waals surface area contributed by atoms with Crippen LogP contribution in [0.1, 0.15) is 32.6 Å². The van der Waals surface area contributed by atoms with Crippen molar-refractivity contribution in [3.63, 3.8) is 0 Å². The van der Waals surface area contributed by atoms with Gasteiger partial charge in [-0.1, -0.05) is 25.8 Å². The Labute approximate surface area is 131 Å². The lowest BCUT2D eigenvalue weighted by molar-refractivity contribution is 0.180. The number of nitrogens with one attached hydrogen (secondary N) is 1. The van der Waals surface area contributed by atoms with Gasteiger partial charge in [-0.25, -0.2) is 0 Å². The molecule has 1 atom stereocenters. The predicted molar refractivity (Wildman–Crippen MR) is 91.6 cm³/mol. The van der Waals surface area contributed by atoms with E-state index in [2.05, 4.69) is 41.9 Å². The van der Waals surface area contributed by atoms with Gasteiger partial charge in [0.2, 0.25) is 0 Å². The summed E-state index contributed by atoms with van der Waals surface area (Å²) in [6.45, 7) is 3.24. The Kier molecular flexibility index (Phi) is 7.97. The lowest BCUT2D eigenvalue weighted by atomic mass is 10.1. The molecule has 1 unspecified atom stereocenters. The molecule has 0 fully saturated rings. The van der Waals surface area contributed by atoms with Gasteiger partial charge >= 0.3 is 0 Å². The number of hydrogen-bond acceptors (Lipinski definition) is 3. The van der Waals surface area contributed by atoms with Gasteiger partial charge in [0.1, 0.15) is 5.75 Å². The van der Waals surface area contributed by atoms with Crippen LogP contribution in [0.4, 0.5) is 0 Å². The molecule has 0 aliphatic carbocycles. The molecule has 112 valence electrons. The molecule has 1 aromatic heterocycles. The zero-order valence-electron chi connectivity index (χ0n) is 12.2. The molecule has 0 saturated carbocycles. The molecule has 0 saturated heterocycles. The van der Waals surface area contributed by atoms with E-state index in [1.54, 1.807) is 11.3 Å². The summed E-state index contributed by atoms with van der Waals surface area (Å²) < 4.78 is 7.56. The fourth-order valence-corrected chi connectivity index (χ4v) is 3.05. The first-order chi connectivity index (χ1) is 9.35. The van der Waals surface area contributed by atoms with Crippen molar-refractivity contribution in [3.05, 3.63) is 29.6 Å². The van der Waals surface area contributed by atoms with Gasteiger partial charge in [0.25, 0.3) is 0 Å². The third-order valence-electron chi connectivity index (χ3n) is 3.35. The highest BCUT2D eigenvalue weighted by Gasteiger charge is 2.12. The first-order valence-electron chi connectivity index (χ1n) is 7.12. The topological polar surface area (TPSA) is 21.3 Å². The number of rotatable bonds is 8. The molecule has 0 amide bonds. The number of unbranched alkanes of at least 4 members (excludes halogenated alkanes) is 1. The quantitative estimate of drug-likeness (QED) is 0.750. The van der Waals surface area contributed by atoms with Crippen molar-refractivity contribution in [1.29, 1.82) is 0 Å². The van der Waals surface area contributed by atoms with E-state index >= 15 is 0 Å². The normalized spacial score (nSPS) is 12.1. The van der Waals surface area contributed by atoms with E-state index in [0.717, 1.165) is 25.1 Å². The van der Waals surface area contributed by atoms with E-state index in [9.17, 15) is 0 Å². The standard InChI is InChI=1S/C16H23NOS.ClH/c1-3-4-6-13(9-11-17-2)18-15-7-5-8-16-14(15)10-12-19-16;/h5,7-8,10,12-13,17H,3-4,6,9,11H2,1-2H3;1H. The monoisotopic (exact) mass is 313 g/mol. The second-order valence-electron chi connectivity index (χ2n) is 4.86. The van der Waals surface area contributed by atoms with Crippen molar-refractivity contribution in [1.82, 2.24) is 5.32 Å². The molecular formula is C16H24ClNOS. The second kappa shape index (κ2) is 9.22. The van der Waals surface area contributed by atoms with Crippen LogP contribution < -0.4 is 10.1 Å². The minimum Gasteiger partial charge on any atom is -0.490 e. The highest BCUT2D eigenvalue weighted by atomic mass is 35.5. The third kappa shape index (κ3) is 4.65. The van der Waals surface area contributed by atoms with Gasteiger partial charge < -0.3 is 10.1 Å². The molecule has 0 aliphatic heterocycles. The van der Waals surface area contributed by atoms with Crippen molar-refractivity contribution in [2.75, 3.05) is 13.6 Å². The summed E-state index contributed by atoms with van der Waals surface area (Å²) in [7, 11) is 2.00. The summed E-state index contributed by atoms with van der Waals surface area (Å²) in [5.41, 5.74) is 0. The molecule has 0 radical (unpaired) electrons. The Morgan fingerprint density at radius 1 is 1.25 bits per heavy atom. The minimum atomic E-state index is 0. The number of benzene rings is 1. The first-order valence-corrected chi connectivity index (χ1v) is 8.00. The van der Waals surface area contributed by atoms with Crippen LogP contribution in [0, 0.1) is 0 Å². The molecule has 1 N–H and O–H groups in total. The summed E-state index contributed by atoms with van der Waals surface area (Å²) in [5, 5.41) is 6.59. The van der Waals surface area contributed by atoms with E-state index in [1.807, 2.05) is 7.05 Å². The molecule has 1 aromatic carbocycles. The first kappa shape index (κ1) is 17.3. The maximum atomic E-state index is 6.26. The average molecular weight is 314 g/mol. The van der Waals surface area contributed by atoms with Crippen LogP contribution in [0.15, 0.2) is 29.6 Å². The van der Waals surface area contributed by atoms with Gasteiger partial charge in [-0.15, -0.1) is 23.7 Å². The van der Waals surface area contributed by atoms with Crippen LogP contribution >= 0.6 is 23.7 Å². The Hall–Kier alpha value is -0.770. The van der Waals surface area contributed by atoms with Crippen LogP contribution in [0.3, 0.4) is 0 Å². The summed E-state index contributed by atoms with van der Waals surface area (Å²) in [5.74, 6) is 1.04. The molecule has 0 bridgehead atoms. The Morgan fingerprint density at radius 2 is 2.10 bits per heavy atom. The van der Waals surface area contributed by atoms with E-state index in [-0.39, 0.29) is 12.4 Å². The highest BCUT2D eigenvalue weighted by Crippen LogP contribution is 2.31. The molecule has 4 heteroatoms. The van der Waals surface area contributed by atoms with Gasteiger partial charge in [-0.2, -0.15) is 0 Å². The molecule has 0 spiro atoms. The molecule has 2 rings (SSSR count). The molecule has 20 heavy (non-hydrogen) atoms. The fourth-order valence-electron chi connectivity index (χ4n) is 2.25. The van der Waals surface area contributed by atoms with Crippen molar-refractivity contribution in [2.24, 2.45) is 0 Å². The number of ether oxygens (including phenoxy) is 1. The molecular weight excluding hydrogens is 290 g/mol. The van der Waals surface area contributed by atoms with Crippen LogP contribution in [0.5, 0.6) is 5.75 Å². The predicted octanol–water partition coefficient (Wildman–Crippen LogP) is 4.87. The second-order valence-corrected chi connectivity index (χ2v) is 5.81. The average Bonchev–Trinajstić information content (AvgIpc) is 2.91. The SMILES string of the molecule is CCCCC(CCNC)Oc1cccc2sccc12.Cl. The summed E-state index contributed by atoms with van der Waals surface area (Å²) >= 11 is 1.77. The van der Waals surface area contributed by atoms with E-state index in [4.69, 9.17) is 4.74 Å². The van der Waals surface area contributed by atoms with Crippen molar-refractivity contribution in [2.45, 2.75) is 38.7 Å². The highest BCUT2D eigenvalue weighted by molar-refractivity contribution is 7.17. The van der Waals surface area contributed by atoms with Crippen LogP contribution in [-0.4, -0.2) is 19.7 Å². The number of halogens is 1. The number of hydrogen-bond donors (Lipinski definition) is 1. The summed E-state index contributed by atoms with van der Waals surface area (Å²) in [4.78, 5) is 0. The molecule has 0 aliphatic rings. The lowest BCUT2D eigenvalue weighted by Crippen LogP contribution is -2.22. The number of thiophene rings is 1. The lowest BCUT2D eigenvalue weighted by Gasteiger charge is -2.19. The van der Waals surface area contributed by atoms with Gasteiger partial charge in [-0.05, 0) is 50.0 Å². The maximum Gasteiger partial charge on any atom is 0.128 e. The van der Waals surface area contributed by atoms with Gasteiger partial charge in [0.15, 0.2) is 0 Å². The zero-order valence-corrected chi connectivity index (χ0v) is 13.9. The van der Waals surface area contributed by atoms with Gasteiger partial charge in [0, 0.05) is 10.1 Å². The minimum absolute atomic E-state index is 0. The van der Waals surface area contributed by atoms with Crippen molar-refractivity contribution < 1.29 is 4.74 Å². The summed E-state index contributed by atoms with van der Waals surface area (Å²) in [6.07, 6.45) is 4.98. The van der Waals surface area contributed by atoms with E-state index in [0.29, 0.717) is 6.10 Å².